The number of esters is 2. The van der Waals surface area contributed by atoms with E-state index in [0.717, 1.165) is 0 Å². The lowest BCUT2D eigenvalue weighted by Gasteiger charge is -2.38. The third kappa shape index (κ3) is 4.25. The fourth-order valence-electron chi connectivity index (χ4n) is 1.82. The minimum Gasteiger partial charge on any atom is -0.463 e. The number of rotatable bonds is 4. The predicted octanol–water partition coefficient (Wildman–Crippen LogP) is -0.823. The van der Waals surface area contributed by atoms with Gasteiger partial charge in [0.15, 0.2) is 6.29 Å². The molecule has 0 aromatic heterocycles. The molecule has 1 fully saturated rings. The van der Waals surface area contributed by atoms with Gasteiger partial charge in [0.2, 0.25) is 0 Å². The summed E-state index contributed by atoms with van der Waals surface area (Å²) in [6.07, 6.45) is -1.84. The Balaban J connectivity index is 2.64. The van der Waals surface area contributed by atoms with Gasteiger partial charge in [0.05, 0.1) is 6.04 Å². The van der Waals surface area contributed by atoms with Crippen LogP contribution in [0, 0.1) is 0 Å². The van der Waals surface area contributed by atoms with E-state index < -0.39 is 30.4 Å². The smallest absolute Gasteiger partial charge is 0.302 e. The molecule has 0 spiro atoms. The normalized spacial score (nSPS) is 31.8. The van der Waals surface area contributed by atoms with Crippen molar-refractivity contribution >= 4 is 11.9 Å². The summed E-state index contributed by atoms with van der Waals surface area (Å²) in [6, 6.07) is -0.331. The fourth-order valence-corrected chi connectivity index (χ4v) is 1.82. The zero-order valence-electron chi connectivity index (χ0n) is 10.7. The van der Waals surface area contributed by atoms with Crippen LogP contribution in [0.3, 0.4) is 0 Å². The molecule has 1 saturated heterocycles. The van der Waals surface area contributed by atoms with Crippen LogP contribution in [0.25, 0.3) is 0 Å². The molecule has 0 aliphatic carbocycles. The second-order valence-electron chi connectivity index (χ2n) is 4.15. The van der Waals surface area contributed by atoms with Crippen LogP contribution >= 0.6 is 0 Å². The summed E-state index contributed by atoms with van der Waals surface area (Å²) in [5, 5.41) is 12.6. The minimum absolute atomic E-state index is 0.0548. The number of carbonyl (C=O) groups excluding carboxylic acids is 2. The van der Waals surface area contributed by atoms with Crippen molar-refractivity contribution in [2.75, 3.05) is 13.7 Å². The molecule has 7 nitrogen and oxygen atoms in total. The molecule has 104 valence electrons. The van der Waals surface area contributed by atoms with Crippen molar-refractivity contribution in [3.05, 3.63) is 0 Å². The van der Waals surface area contributed by atoms with Crippen molar-refractivity contribution in [2.45, 2.75) is 44.8 Å². The molecular formula is C11H19NO6. The van der Waals surface area contributed by atoms with Gasteiger partial charge in [0.25, 0.3) is 0 Å². The summed E-state index contributed by atoms with van der Waals surface area (Å²) in [5.74, 6) is -0.895. The second kappa shape index (κ2) is 6.67. The first-order chi connectivity index (χ1) is 8.43. The first-order valence-electron chi connectivity index (χ1n) is 5.75. The molecular weight excluding hydrogens is 242 g/mol. The van der Waals surface area contributed by atoms with Crippen LogP contribution in [-0.2, 0) is 23.8 Å². The highest BCUT2D eigenvalue weighted by molar-refractivity contribution is 5.66. The highest BCUT2D eigenvalue weighted by Gasteiger charge is 2.39. The Hall–Kier alpha value is -1.18. The molecule has 4 atom stereocenters. The Bertz CT molecular complexity index is 308. The van der Waals surface area contributed by atoms with E-state index in [4.69, 9.17) is 14.2 Å². The number of hydrogen-bond acceptors (Lipinski definition) is 7. The van der Waals surface area contributed by atoms with Gasteiger partial charge in [-0.2, -0.15) is 0 Å². The number of ether oxygens (including phenoxy) is 3. The van der Waals surface area contributed by atoms with Crippen molar-refractivity contribution in [3.8, 4) is 0 Å². The number of likely N-dealkylation sites (N-methyl/N-ethyl adjacent to an activating group) is 1. The van der Waals surface area contributed by atoms with Crippen molar-refractivity contribution in [2.24, 2.45) is 0 Å². The van der Waals surface area contributed by atoms with E-state index in [2.05, 4.69) is 5.32 Å². The summed E-state index contributed by atoms with van der Waals surface area (Å²) in [6.45, 7) is 2.51. The average molecular weight is 261 g/mol. The number of carbonyl (C=O) groups is 2. The lowest BCUT2D eigenvalue weighted by atomic mass is 10.0. The van der Waals surface area contributed by atoms with E-state index in [0.29, 0.717) is 6.42 Å². The van der Waals surface area contributed by atoms with Crippen LogP contribution in [0.2, 0.25) is 0 Å². The van der Waals surface area contributed by atoms with E-state index in [9.17, 15) is 14.7 Å². The van der Waals surface area contributed by atoms with E-state index >= 15 is 0 Å². The second-order valence-corrected chi connectivity index (χ2v) is 4.15. The van der Waals surface area contributed by atoms with Crippen LogP contribution in [0.15, 0.2) is 0 Å². The molecule has 1 heterocycles. The number of aliphatic hydroxyl groups excluding tert-OH is 1. The van der Waals surface area contributed by atoms with Gasteiger partial charge in [-0.1, -0.05) is 0 Å². The molecule has 18 heavy (non-hydrogen) atoms. The SMILES string of the molecule is CNC1CC(OC(C)=O)C(COC(C)=O)O[C@H]1O. The molecule has 1 rings (SSSR count). The quantitative estimate of drug-likeness (QED) is 0.638. The van der Waals surface area contributed by atoms with E-state index in [1.165, 1.54) is 13.8 Å². The Kier molecular flexibility index (Phi) is 5.52. The summed E-state index contributed by atoms with van der Waals surface area (Å²) >= 11 is 0. The Labute approximate surface area is 105 Å². The summed E-state index contributed by atoms with van der Waals surface area (Å²) in [4.78, 5) is 21.8. The fraction of sp³-hybridized carbons (Fsp3) is 0.818. The Morgan fingerprint density at radius 3 is 2.56 bits per heavy atom. The Morgan fingerprint density at radius 2 is 2.06 bits per heavy atom. The molecule has 0 aromatic carbocycles. The van der Waals surface area contributed by atoms with Crippen molar-refractivity contribution in [1.29, 1.82) is 0 Å². The Morgan fingerprint density at radius 1 is 1.39 bits per heavy atom. The van der Waals surface area contributed by atoms with Gasteiger partial charge in [0.1, 0.15) is 18.8 Å². The third-order valence-electron chi connectivity index (χ3n) is 2.70. The summed E-state index contributed by atoms with van der Waals surface area (Å²) in [5.41, 5.74) is 0. The van der Waals surface area contributed by atoms with Crippen LogP contribution in [-0.4, -0.2) is 55.2 Å². The molecule has 3 unspecified atom stereocenters. The maximum Gasteiger partial charge on any atom is 0.302 e. The number of hydrogen-bond donors (Lipinski definition) is 2. The van der Waals surface area contributed by atoms with Crippen molar-refractivity contribution < 1.29 is 28.9 Å². The van der Waals surface area contributed by atoms with E-state index in [1.54, 1.807) is 7.05 Å². The van der Waals surface area contributed by atoms with Gasteiger partial charge < -0.3 is 24.6 Å². The first-order valence-corrected chi connectivity index (χ1v) is 5.75. The monoisotopic (exact) mass is 261 g/mol. The highest BCUT2D eigenvalue weighted by Crippen LogP contribution is 2.22. The van der Waals surface area contributed by atoms with Gasteiger partial charge in [-0.25, -0.2) is 0 Å². The van der Waals surface area contributed by atoms with Gasteiger partial charge in [-0.3, -0.25) is 9.59 Å². The molecule has 1 aliphatic rings. The molecule has 0 bridgehead atoms. The summed E-state index contributed by atoms with van der Waals surface area (Å²) in [7, 11) is 1.68. The van der Waals surface area contributed by atoms with Crippen LogP contribution in [0.4, 0.5) is 0 Å². The van der Waals surface area contributed by atoms with Crippen molar-refractivity contribution in [1.82, 2.24) is 5.32 Å². The lowest BCUT2D eigenvalue weighted by Crippen LogP contribution is -2.54. The molecule has 0 amide bonds. The maximum absolute atomic E-state index is 11.0. The molecule has 0 aromatic rings. The predicted molar refractivity (Wildman–Crippen MR) is 60.5 cm³/mol. The van der Waals surface area contributed by atoms with E-state index in [1.807, 2.05) is 0 Å². The van der Waals surface area contributed by atoms with Crippen LogP contribution < -0.4 is 5.32 Å². The summed E-state index contributed by atoms with van der Waals surface area (Å²) < 4.78 is 15.2. The zero-order chi connectivity index (χ0) is 13.7. The topological polar surface area (TPSA) is 94.1 Å². The number of aliphatic hydroxyl groups is 1. The van der Waals surface area contributed by atoms with Gasteiger partial charge >= 0.3 is 11.9 Å². The molecule has 7 heteroatoms. The number of nitrogens with one attached hydrogen (secondary N) is 1. The van der Waals surface area contributed by atoms with Gasteiger partial charge in [0, 0.05) is 20.3 Å². The van der Waals surface area contributed by atoms with Crippen LogP contribution in [0.1, 0.15) is 20.3 Å². The van der Waals surface area contributed by atoms with Crippen molar-refractivity contribution in [3.63, 3.8) is 0 Å². The maximum atomic E-state index is 11.0. The van der Waals surface area contributed by atoms with Gasteiger partial charge in [-0.05, 0) is 7.05 Å². The van der Waals surface area contributed by atoms with Gasteiger partial charge in [-0.15, -0.1) is 0 Å². The first kappa shape index (κ1) is 14.9. The molecule has 1 aliphatic heterocycles. The lowest BCUT2D eigenvalue weighted by molar-refractivity contribution is -0.231. The van der Waals surface area contributed by atoms with Crippen LogP contribution in [0.5, 0.6) is 0 Å². The molecule has 0 saturated carbocycles. The molecule has 2 N–H and O–H groups in total. The standard InChI is InChI=1S/C11H19NO6/c1-6(13)16-5-10-9(17-7(2)14)4-8(12-3)11(15)18-10/h8-12,15H,4-5H2,1-3H3/t8?,9?,10?,11-/m1/s1. The highest BCUT2D eigenvalue weighted by atomic mass is 16.6. The minimum atomic E-state index is -1.03. The average Bonchev–Trinajstić information content (AvgIpc) is 2.28. The zero-order valence-corrected chi connectivity index (χ0v) is 10.7. The largest absolute Gasteiger partial charge is 0.463 e. The molecule has 0 radical (unpaired) electrons. The van der Waals surface area contributed by atoms with E-state index in [-0.39, 0.29) is 12.6 Å². The third-order valence-corrected chi connectivity index (χ3v) is 2.70.